The van der Waals surface area contributed by atoms with Crippen LogP contribution in [0.1, 0.15) is 5.56 Å². The largest absolute Gasteiger partial charge is 0.497 e. The Morgan fingerprint density at radius 2 is 1.76 bits per heavy atom. The minimum absolute atomic E-state index is 0.0539. The van der Waals surface area contributed by atoms with Crippen LogP contribution in [0.25, 0.3) is 6.08 Å². The van der Waals surface area contributed by atoms with Crippen molar-refractivity contribution in [3.8, 4) is 17.2 Å². The molecule has 0 amide bonds. The first-order chi connectivity index (χ1) is 14.1. The van der Waals surface area contributed by atoms with Gasteiger partial charge in [-0.2, -0.15) is 0 Å². The molecule has 0 fully saturated rings. The van der Waals surface area contributed by atoms with E-state index in [1.54, 1.807) is 25.9 Å². The van der Waals surface area contributed by atoms with E-state index in [0.717, 1.165) is 21.8 Å². The molecule has 2 heterocycles. The molecule has 0 unspecified atom stereocenters. The number of hydrogen-bond acceptors (Lipinski definition) is 7. The lowest BCUT2D eigenvalue weighted by molar-refractivity contribution is 0.355. The number of hydrogen-bond donors (Lipinski definition) is 0. The predicted molar refractivity (Wildman–Crippen MR) is 113 cm³/mol. The third kappa shape index (κ3) is 3.71. The smallest absolute Gasteiger partial charge is 0.271 e. The molecule has 2 aromatic carbocycles. The molecule has 150 valence electrons. The minimum atomic E-state index is -0.0539. The highest BCUT2D eigenvalue weighted by Gasteiger charge is 2.16. The number of aromatic nitrogens is 1. The maximum Gasteiger partial charge on any atom is 0.271 e. The molecule has 1 aliphatic heterocycles. The fraction of sp³-hybridized carbons (Fsp3) is 0.238. The van der Waals surface area contributed by atoms with Crippen molar-refractivity contribution >= 4 is 23.1 Å². The van der Waals surface area contributed by atoms with Gasteiger partial charge in [0.15, 0.2) is 16.3 Å². The number of anilines is 1. The normalized spacial score (nSPS) is 13.6. The van der Waals surface area contributed by atoms with Gasteiger partial charge in [-0.05, 0) is 48.0 Å². The Labute approximate surface area is 171 Å². The van der Waals surface area contributed by atoms with Gasteiger partial charge in [-0.3, -0.25) is 9.36 Å². The number of ether oxygens (including phenoxy) is 3. The molecule has 0 atom stereocenters. The molecule has 0 saturated heterocycles. The van der Waals surface area contributed by atoms with E-state index in [0.29, 0.717) is 29.4 Å². The molecule has 1 aliphatic rings. The standard InChI is InChI=1S/C21H21N3O4S/c1-26-16-7-5-15(6-8-16)23-12-22-21-24(13-23)20(25)19(29-21)11-14-4-9-17(27-2)18(10-14)28-3/h4-11H,12-13H2,1-3H3. The molecule has 0 bridgehead atoms. The van der Waals surface area contributed by atoms with Crippen LogP contribution >= 0.6 is 11.3 Å². The van der Waals surface area contributed by atoms with Crippen molar-refractivity contribution in [1.29, 1.82) is 0 Å². The predicted octanol–water partition coefficient (Wildman–Crippen LogP) is 1.82. The van der Waals surface area contributed by atoms with Crippen LogP contribution in [0.15, 0.2) is 52.3 Å². The molecule has 0 saturated carbocycles. The molecule has 7 nitrogen and oxygen atoms in total. The topological polar surface area (TPSA) is 65.3 Å². The molecule has 0 N–H and O–H groups in total. The minimum Gasteiger partial charge on any atom is -0.497 e. The van der Waals surface area contributed by atoms with E-state index in [-0.39, 0.29) is 5.56 Å². The van der Waals surface area contributed by atoms with Gasteiger partial charge in [0.25, 0.3) is 5.56 Å². The first-order valence-corrected chi connectivity index (χ1v) is 9.81. The van der Waals surface area contributed by atoms with Crippen LogP contribution in [0.4, 0.5) is 5.69 Å². The number of fused-ring (bicyclic) bond motifs is 1. The molecule has 0 aliphatic carbocycles. The summed E-state index contributed by atoms with van der Waals surface area (Å²) < 4.78 is 18.2. The number of nitrogens with zero attached hydrogens (tertiary/aromatic N) is 3. The van der Waals surface area contributed by atoms with Crippen LogP contribution in [-0.4, -0.2) is 32.6 Å². The van der Waals surface area contributed by atoms with Crippen molar-refractivity contribution in [3.05, 3.63) is 67.7 Å². The van der Waals surface area contributed by atoms with Gasteiger partial charge in [-0.1, -0.05) is 17.4 Å². The second-order valence-electron chi connectivity index (χ2n) is 6.42. The van der Waals surface area contributed by atoms with Crippen molar-refractivity contribution in [3.63, 3.8) is 0 Å². The van der Waals surface area contributed by atoms with E-state index in [4.69, 9.17) is 14.2 Å². The quantitative estimate of drug-likeness (QED) is 0.641. The lowest BCUT2D eigenvalue weighted by Crippen LogP contribution is -2.42. The van der Waals surface area contributed by atoms with E-state index in [9.17, 15) is 4.79 Å². The summed E-state index contributed by atoms with van der Waals surface area (Å²) in [6.07, 6.45) is 1.85. The van der Waals surface area contributed by atoms with Crippen molar-refractivity contribution in [1.82, 2.24) is 4.57 Å². The van der Waals surface area contributed by atoms with Crippen molar-refractivity contribution in [2.75, 3.05) is 32.9 Å². The zero-order valence-electron chi connectivity index (χ0n) is 16.4. The molecule has 0 radical (unpaired) electrons. The molecular formula is C21H21N3O4S. The molecular weight excluding hydrogens is 390 g/mol. The van der Waals surface area contributed by atoms with Crippen LogP contribution < -0.4 is 34.0 Å². The fourth-order valence-corrected chi connectivity index (χ4v) is 4.12. The van der Waals surface area contributed by atoms with Crippen LogP contribution in [0, 0.1) is 0 Å². The van der Waals surface area contributed by atoms with Crippen molar-refractivity contribution in [2.24, 2.45) is 4.99 Å². The Balaban J connectivity index is 1.66. The second-order valence-corrected chi connectivity index (χ2v) is 7.43. The summed E-state index contributed by atoms with van der Waals surface area (Å²) in [4.78, 5) is 20.3. The Kier molecular flexibility index (Phi) is 5.26. The Morgan fingerprint density at radius 3 is 2.45 bits per heavy atom. The van der Waals surface area contributed by atoms with Crippen LogP contribution in [0.5, 0.6) is 17.2 Å². The van der Waals surface area contributed by atoms with Gasteiger partial charge in [0.2, 0.25) is 0 Å². The maximum atomic E-state index is 13.0. The average Bonchev–Trinajstić information content (AvgIpc) is 3.08. The lowest BCUT2D eigenvalue weighted by Gasteiger charge is -2.25. The Bertz CT molecular complexity index is 1200. The molecule has 3 aromatic rings. The maximum absolute atomic E-state index is 13.0. The first-order valence-electron chi connectivity index (χ1n) is 9.00. The summed E-state index contributed by atoms with van der Waals surface area (Å²) in [6.45, 7) is 0.961. The third-order valence-corrected chi connectivity index (χ3v) is 5.76. The fourth-order valence-electron chi connectivity index (χ4n) is 3.16. The SMILES string of the molecule is COc1ccc(N2CN=c3sc(=Cc4ccc(OC)c(OC)c4)c(=O)n3C2)cc1. The number of thiazole rings is 1. The van der Waals surface area contributed by atoms with E-state index in [1.165, 1.54) is 11.3 Å². The van der Waals surface area contributed by atoms with Crippen molar-refractivity contribution < 1.29 is 14.2 Å². The highest BCUT2D eigenvalue weighted by molar-refractivity contribution is 7.07. The summed E-state index contributed by atoms with van der Waals surface area (Å²) in [5, 5.41) is 0. The summed E-state index contributed by atoms with van der Waals surface area (Å²) in [7, 11) is 4.82. The highest BCUT2D eigenvalue weighted by atomic mass is 32.1. The summed E-state index contributed by atoms with van der Waals surface area (Å²) in [5.41, 5.74) is 1.80. The highest BCUT2D eigenvalue weighted by Crippen LogP contribution is 2.27. The van der Waals surface area contributed by atoms with Crippen molar-refractivity contribution in [2.45, 2.75) is 6.67 Å². The summed E-state index contributed by atoms with van der Waals surface area (Å²) >= 11 is 1.39. The molecule has 0 spiro atoms. The van der Waals surface area contributed by atoms with Crippen LogP contribution in [0.3, 0.4) is 0 Å². The Morgan fingerprint density at radius 1 is 1.00 bits per heavy atom. The Hall–Kier alpha value is -3.26. The number of benzene rings is 2. The number of rotatable bonds is 5. The average molecular weight is 411 g/mol. The molecule has 29 heavy (non-hydrogen) atoms. The van der Waals surface area contributed by atoms with Gasteiger partial charge < -0.3 is 19.1 Å². The van der Waals surface area contributed by atoms with Gasteiger partial charge in [0, 0.05) is 5.69 Å². The monoisotopic (exact) mass is 411 g/mol. The summed E-state index contributed by atoms with van der Waals surface area (Å²) in [5.74, 6) is 2.07. The van der Waals surface area contributed by atoms with Gasteiger partial charge in [0.05, 0.1) is 25.9 Å². The van der Waals surface area contributed by atoms with Gasteiger partial charge in [-0.25, -0.2) is 4.99 Å². The van der Waals surface area contributed by atoms with Gasteiger partial charge >= 0.3 is 0 Å². The van der Waals surface area contributed by atoms with E-state index in [1.807, 2.05) is 53.4 Å². The number of methoxy groups -OCH3 is 3. The van der Waals surface area contributed by atoms with Gasteiger partial charge in [-0.15, -0.1) is 0 Å². The van der Waals surface area contributed by atoms with E-state index < -0.39 is 0 Å². The molecule has 1 aromatic heterocycles. The first kappa shape index (κ1) is 19.1. The van der Waals surface area contributed by atoms with Crippen LogP contribution in [0.2, 0.25) is 0 Å². The zero-order chi connectivity index (χ0) is 20.4. The third-order valence-electron chi connectivity index (χ3n) is 4.72. The van der Waals surface area contributed by atoms with E-state index in [2.05, 4.69) is 4.99 Å². The summed E-state index contributed by atoms with van der Waals surface area (Å²) in [6, 6.07) is 13.3. The second kappa shape index (κ2) is 8.00. The molecule has 8 heteroatoms. The molecule has 4 rings (SSSR count). The van der Waals surface area contributed by atoms with Crippen LogP contribution in [-0.2, 0) is 6.67 Å². The lowest BCUT2D eigenvalue weighted by atomic mass is 10.2. The van der Waals surface area contributed by atoms with Gasteiger partial charge in [0.1, 0.15) is 19.1 Å². The zero-order valence-corrected chi connectivity index (χ0v) is 17.2. The van der Waals surface area contributed by atoms with E-state index >= 15 is 0 Å².